The summed E-state index contributed by atoms with van der Waals surface area (Å²) in [7, 11) is 0. The van der Waals surface area contributed by atoms with E-state index in [1.807, 2.05) is 36.5 Å². The Morgan fingerprint density at radius 1 is 1.19 bits per heavy atom. The lowest BCUT2D eigenvalue weighted by atomic mass is 9.88. The van der Waals surface area contributed by atoms with E-state index in [9.17, 15) is 14.7 Å². The number of fused-ring (bicyclic) bond motifs is 1. The smallest absolute Gasteiger partial charge is 0.303 e. The molecule has 3 N–H and O–H groups in total. The molecule has 1 aromatic heterocycles. The van der Waals surface area contributed by atoms with Gasteiger partial charge in [0.2, 0.25) is 0 Å². The molecule has 0 radical (unpaired) electrons. The van der Waals surface area contributed by atoms with Crippen LogP contribution in [0.3, 0.4) is 0 Å². The fourth-order valence-electron chi connectivity index (χ4n) is 3.98. The SMILES string of the molecule is O=C(O)CCCCCCC1C(=O)CC(O)C1/C=C/c1ccc2[nH]ccc2c1. The molecular weight excluding hydrogens is 342 g/mol. The van der Waals surface area contributed by atoms with Gasteiger partial charge >= 0.3 is 5.97 Å². The molecule has 27 heavy (non-hydrogen) atoms. The van der Waals surface area contributed by atoms with Crippen LogP contribution in [-0.4, -0.2) is 33.1 Å². The molecule has 0 spiro atoms. The molecule has 5 heteroatoms. The summed E-state index contributed by atoms with van der Waals surface area (Å²) < 4.78 is 0. The summed E-state index contributed by atoms with van der Waals surface area (Å²) in [6, 6.07) is 8.16. The first-order valence-electron chi connectivity index (χ1n) is 9.72. The average molecular weight is 369 g/mol. The number of unbranched alkanes of at least 4 members (excludes halogenated alkanes) is 3. The highest BCUT2D eigenvalue weighted by molar-refractivity contribution is 5.85. The number of hydrogen-bond acceptors (Lipinski definition) is 3. The summed E-state index contributed by atoms with van der Waals surface area (Å²) in [6.07, 6.45) is 9.84. The van der Waals surface area contributed by atoms with Crippen molar-refractivity contribution in [2.75, 3.05) is 0 Å². The molecule has 0 saturated heterocycles. The summed E-state index contributed by atoms with van der Waals surface area (Å²) in [6.45, 7) is 0. The molecule has 0 bridgehead atoms. The van der Waals surface area contributed by atoms with Gasteiger partial charge in [0.1, 0.15) is 5.78 Å². The monoisotopic (exact) mass is 369 g/mol. The van der Waals surface area contributed by atoms with Gasteiger partial charge in [0.15, 0.2) is 0 Å². The molecule has 2 aromatic rings. The third kappa shape index (κ3) is 5.07. The number of aliphatic hydroxyl groups is 1. The lowest BCUT2D eigenvalue weighted by Crippen LogP contribution is -2.18. The number of carbonyl (C=O) groups is 2. The largest absolute Gasteiger partial charge is 0.481 e. The number of H-pyrrole nitrogens is 1. The standard InChI is InChI=1S/C22H27NO4/c24-20-14-21(25)18(17(20)5-3-1-2-4-6-22(26)27)9-7-15-8-10-19-16(13-15)11-12-23-19/h7-13,17-18,21,23,25H,1-6,14H2,(H,26,27)/b9-7+. The van der Waals surface area contributed by atoms with Crippen LogP contribution in [0.1, 0.15) is 50.5 Å². The molecule has 3 unspecified atom stereocenters. The molecule has 3 atom stereocenters. The van der Waals surface area contributed by atoms with Crippen molar-refractivity contribution in [1.29, 1.82) is 0 Å². The second-order valence-corrected chi connectivity index (χ2v) is 7.45. The minimum absolute atomic E-state index is 0.133. The summed E-state index contributed by atoms with van der Waals surface area (Å²) >= 11 is 0. The normalized spacial score (nSPS) is 22.9. The number of carboxylic acid groups (broad SMARTS) is 1. The van der Waals surface area contributed by atoms with Crippen LogP contribution < -0.4 is 0 Å². The van der Waals surface area contributed by atoms with Crippen molar-refractivity contribution in [2.24, 2.45) is 11.8 Å². The summed E-state index contributed by atoms with van der Waals surface area (Å²) in [5.74, 6) is -0.888. The van der Waals surface area contributed by atoms with Crippen LogP contribution in [0.5, 0.6) is 0 Å². The number of aromatic nitrogens is 1. The van der Waals surface area contributed by atoms with Crippen LogP contribution in [0.15, 0.2) is 36.5 Å². The van der Waals surface area contributed by atoms with E-state index < -0.39 is 12.1 Å². The van der Waals surface area contributed by atoms with Crippen LogP contribution >= 0.6 is 0 Å². The van der Waals surface area contributed by atoms with Crippen molar-refractivity contribution < 1.29 is 19.8 Å². The zero-order chi connectivity index (χ0) is 19.2. The second kappa shape index (κ2) is 9.00. The van der Waals surface area contributed by atoms with Gasteiger partial charge in [-0.3, -0.25) is 9.59 Å². The molecule has 1 saturated carbocycles. The third-order valence-corrected chi connectivity index (χ3v) is 5.48. The summed E-state index contributed by atoms with van der Waals surface area (Å²) in [5.41, 5.74) is 2.14. The highest BCUT2D eigenvalue weighted by Gasteiger charge is 2.39. The van der Waals surface area contributed by atoms with Gasteiger partial charge < -0.3 is 15.2 Å². The average Bonchev–Trinajstić information content (AvgIpc) is 3.19. The Morgan fingerprint density at radius 2 is 2.00 bits per heavy atom. The number of rotatable bonds is 9. The van der Waals surface area contributed by atoms with Gasteiger partial charge in [0.25, 0.3) is 0 Å². The molecular formula is C22H27NO4. The summed E-state index contributed by atoms with van der Waals surface area (Å²) in [4.78, 5) is 26.0. The lowest BCUT2D eigenvalue weighted by Gasteiger charge is -2.17. The number of hydrogen-bond donors (Lipinski definition) is 3. The van der Waals surface area contributed by atoms with E-state index in [1.165, 1.54) is 0 Å². The molecule has 1 fully saturated rings. The number of benzene rings is 1. The minimum atomic E-state index is -0.757. The lowest BCUT2D eigenvalue weighted by molar-refractivity contribution is -0.137. The Hall–Kier alpha value is -2.40. The van der Waals surface area contributed by atoms with E-state index >= 15 is 0 Å². The Labute approximate surface area is 159 Å². The number of carbonyl (C=O) groups excluding carboxylic acids is 1. The van der Waals surface area contributed by atoms with E-state index in [-0.39, 0.29) is 30.5 Å². The molecule has 0 aliphatic heterocycles. The van der Waals surface area contributed by atoms with Crippen molar-refractivity contribution in [1.82, 2.24) is 4.98 Å². The number of Topliss-reactive ketones (excluding diaryl/α,β-unsaturated/α-hetero) is 1. The maximum Gasteiger partial charge on any atom is 0.303 e. The van der Waals surface area contributed by atoms with Gasteiger partial charge in [-0.15, -0.1) is 0 Å². The molecule has 1 aliphatic rings. The fourth-order valence-corrected chi connectivity index (χ4v) is 3.98. The first-order chi connectivity index (χ1) is 13.0. The maximum atomic E-state index is 12.3. The third-order valence-electron chi connectivity index (χ3n) is 5.48. The minimum Gasteiger partial charge on any atom is -0.481 e. The highest BCUT2D eigenvalue weighted by Crippen LogP contribution is 2.34. The van der Waals surface area contributed by atoms with Gasteiger partial charge in [0, 0.05) is 36.4 Å². The second-order valence-electron chi connectivity index (χ2n) is 7.45. The van der Waals surface area contributed by atoms with Crippen LogP contribution in [0, 0.1) is 11.8 Å². The Bertz CT molecular complexity index is 823. The van der Waals surface area contributed by atoms with Crippen LogP contribution in [0.25, 0.3) is 17.0 Å². The predicted octanol–water partition coefficient (Wildman–Crippen LogP) is 4.17. The number of nitrogens with one attached hydrogen (secondary N) is 1. The van der Waals surface area contributed by atoms with E-state index in [4.69, 9.17) is 5.11 Å². The van der Waals surface area contributed by atoms with Gasteiger partial charge in [0.05, 0.1) is 6.10 Å². The van der Waals surface area contributed by atoms with Gasteiger partial charge in [-0.25, -0.2) is 0 Å². The first kappa shape index (κ1) is 19.4. The molecule has 5 nitrogen and oxygen atoms in total. The summed E-state index contributed by atoms with van der Waals surface area (Å²) in [5, 5.41) is 20.1. The molecule has 3 rings (SSSR count). The molecule has 1 aromatic carbocycles. The maximum absolute atomic E-state index is 12.3. The van der Waals surface area contributed by atoms with Crippen LogP contribution in [-0.2, 0) is 9.59 Å². The van der Waals surface area contributed by atoms with E-state index in [0.29, 0.717) is 6.42 Å². The molecule has 1 heterocycles. The van der Waals surface area contributed by atoms with Crippen molar-refractivity contribution in [3.63, 3.8) is 0 Å². The Kier molecular flexibility index (Phi) is 6.45. The number of aliphatic hydroxyl groups excluding tert-OH is 1. The van der Waals surface area contributed by atoms with Crippen molar-refractivity contribution in [3.8, 4) is 0 Å². The zero-order valence-corrected chi connectivity index (χ0v) is 15.4. The number of aromatic amines is 1. The van der Waals surface area contributed by atoms with Crippen LogP contribution in [0.2, 0.25) is 0 Å². The first-order valence-corrected chi connectivity index (χ1v) is 9.72. The predicted molar refractivity (Wildman–Crippen MR) is 105 cm³/mol. The van der Waals surface area contributed by atoms with E-state index in [0.717, 1.165) is 42.1 Å². The Balaban J connectivity index is 1.56. The molecule has 0 amide bonds. The molecule has 144 valence electrons. The van der Waals surface area contributed by atoms with E-state index in [2.05, 4.69) is 11.1 Å². The van der Waals surface area contributed by atoms with Crippen molar-refractivity contribution >= 4 is 28.7 Å². The fraction of sp³-hybridized carbons (Fsp3) is 0.455. The number of ketones is 1. The Morgan fingerprint density at radius 3 is 2.81 bits per heavy atom. The quantitative estimate of drug-likeness (QED) is 0.579. The van der Waals surface area contributed by atoms with Crippen LogP contribution in [0.4, 0.5) is 0 Å². The van der Waals surface area contributed by atoms with E-state index in [1.54, 1.807) is 0 Å². The van der Waals surface area contributed by atoms with Gasteiger partial charge in [-0.05, 0) is 42.0 Å². The zero-order valence-electron chi connectivity index (χ0n) is 15.4. The van der Waals surface area contributed by atoms with Crippen molar-refractivity contribution in [2.45, 2.75) is 51.0 Å². The number of aliphatic carboxylic acids is 1. The van der Waals surface area contributed by atoms with Crippen molar-refractivity contribution in [3.05, 3.63) is 42.1 Å². The molecule has 1 aliphatic carbocycles. The van der Waals surface area contributed by atoms with Gasteiger partial charge in [-0.2, -0.15) is 0 Å². The highest BCUT2D eigenvalue weighted by atomic mass is 16.4. The topological polar surface area (TPSA) is 90.4 Å². The van der Waals surface area contributed by atoms with Gasteiger partial charge in [-0.1, -0.05) is 37.5 Å². The number of carboxylic acids is 1.